The van der Waals surface area contributed by atoms with E-state index in [9.17, 15) is 41.0 Å². The molecule has 3 N–H and O–H groups in total. The molecule has 0 radical (unpaired) electrons. The fourth-order valence-electron chi connectivity index (χ4n) is 5.47. The van der Waals surface area contributed by atoms with E-state index in [0.29, 0.717) is 44.3 Å². The zero-order valence-electron chi connectivity index (χ0n) is 23.2. The van der Waals surface area contributed by atoms with E-state index in [2.05, 4.69) is 15.3 Å². The highest BCUT2D eigenvalue weighted by Gasteiger charge is 2.41. The van der Waals surface area contributed by atoms with Crippen molar-refractivity contribution in [3.63, 3.8) is 0 Å². The molecule has 4 rings (SSSR count). The number of anilines is 2. The lowest BCUT2D eigenvalue weighted by atomic mass is 9.91. The van der Waals surface area contributed by atoms with Crippen LogP contribution >= 0.6 is 0 Å². The minimum atomic E-state index is -4.86. The zero-order valence-corrected chi connectivity index (χ0v) is 23.2. The van der Waals surface area contributed by atoms with Crippen molar-refractivity contribution < 1.29 is 46.1 Å². The third kappa shape index (κ3) is 8.71. The maximum Gasteiger partial charge on any atom is 0.451 e. The maximum atomic E-state index is 13.8. The highest BCUT2D eigenvalue weighted by atomic mass is 19.4. The molecule has 9 nitrogen and oxygen atoms in total. The summed E-state index contributed by atoms with van der Waals surface area (Å²) in [6.07, 6.45) is -7.53. The van der Waals surface area contributed by atoms with Crippen molar-refractivity contribution in [2.45, 2.75) is 69.4 Å². The number of amides is 1. The number of carboxylic acids is 1. The Bertz CT molecular complexity index is 1270. The summed E-state index contributed by atoms with van der Waals surface area (Å²) in [6.45, 7) is 0.773. The Hall–Kier alpha value is -3.62. The number of aliphatic hydroxyl groups is 1. The molecule has 43 heavy (non-hydrogen) atoms. The molecule has 3 heterocycles. The van der Waals surface area contributed by atoms with E-state index < -0.39 is 47.8 Å². The number of benzene rings is 1. The Morgan fingerprint density at radius 2 is 1.63 bits per heavy atom. The normalized spacial score (nSPS) is 20.0. The van der Waals surface area contributed by atoms with Crippen LogP contribution in [0.1, 0.15) is 55.5 Å². The molecule has 2 aliphatic rings. The molecule has 2 aromatic rings. The highest BCUT2D eigenvalue weighted by molar-refractivity contribution is 5.86. The van der Waals surface area contributed by atoms with Gasteiger partial charge in [-0.3, -0.25) is 9.59 Å². The van der Waals surface area contributed by atoms with Crippen LogP contribution in [0, 0.1) is 5.92 Å². The lowest BCUT2D eigenvalue weighted by molar-refractivity contribution is -0.145. The molecule has 236 valence electrons. The summed E-state index contributed by atoms with van der Waals surface area (Å²) in [6, 6.07) is 4.85. The lowest BCUT2D eigenvalue weighted by Gasteiger charge is -2.34. The lowest BCUT2D eigenvalue weighted by Crippen LogP contribution is -2.44. The molecule has 1 unspecified atom stereocenters. The minimum Gasteiger partial charge on any atom is -0.481 e. The van der Waals surface area contributed by atoms with E-state index in [-0.39, 0.29) is 49.9 Å². The van der Waals surface area contributed by atoms with Gasteiger partial charge in [-0.05, 0) is 55.7 Å². The van der Waals surface area contributed by atoms with Gasteiger partial charge >= 0.3 is 18.3 Å². The van der Waals surface area contributed by atoms with E-state index in [1.807, 2.05) is 0 Å². The van der Waals surface area contributed by atoms with Gasteiger partial charge in [0.25, 0.3) is 0 Å². The average Bonchev–Trinajstić information content (AvgIpc) is 3.34. The molecule has 1 aromatic carbocycles. The predicted octanol–water partition coefficient (Wildman–Crippen LogP) is 4.28. The summed E-state index contributed by atoms with van der Waals surface area (Å²) in [5.41, 5.74) is -0.240. The first-order chi connectivity index (χ1) is 20.2. The van der Waals surface area contributed by atoms with Gasteiger partial charge in [0.1, 0.15) is 17.7 Å². The molecule has 15 heteroatoms. The van der Waals surface area contributed by atoms with E-state index in [1.165, 1.54) is 23.1 Å². The van der Waals surface area contributed by atoms with E-state index in [4.69, 9.17) is 5.11 Å². The number of hydrogen-bond donors (Lipinski definition) is 3. The summed E-state index contributed by atoms with van der Waals surface area (Å²) < 4.78 is 79.8. The molecular weight excluding hydrogens is 584 g/mol. The number of piperidine rings is 1. The van der Waals surface area contributed by atoms with Gasteiger partial charge in [-0.1, -0.05) is 12.1 Å². The molecule has 2 atom stereocenters. The van der Waals surface area contributed by atoms with Gasteiger partial charge in [-0.2, -0.15) is 26.3 Å². The second kappa shape index (κ2) is 13.3. The topological polar surface area (TPSA) is 119 Å². The first-order valence-electron chi connectivity index (χ1n) is 14.0. The van der Waals surface area contributed by atoms with E-state index in [0.717, 1.165) is 12.1 Å². The van der Waals surface area contributed by atoms with Crippen LogP contribution in [0.4, 0.5) is 38.0 Å². The van der Waals surface area contributed by atoms with Crippen LogP contribution in [0.15, 0.2) is 30.3 Å². The standard InChI is InChI=1S/C28H33F6N5O4/c29-27(30,31)19-6-4-18(5-7-19)8-11-35-25(43)21-14-20(40)16-39(21)23-15-22(36-26(37-23)28(32,33)34)38-12-9-17(10-13-38)2-1-3-24(41)42/h4-7,15,17,20-21,40H,1-3,8-14,16H2,(H,35,43)(H,41,42)/t20-,21?/m1/s1. The second-order valence-corrected chi connectivity index (χ2v) is 10.9. The Morgan fingerprint density at radius 1 is 0.977 bits per heavy atom. The van der Waals surface area contributed by atoms with Crippen LogP contribution in [0.5, 0.6) is 0 Å². The number of carbonyl (C=O) groups excluding carboxylic acids is 1. The van der Waals surface area contributed by atoms with E-state index >= 15 is 0 Å². The molecule has 2 aliphatic heterocycles. The van der Waals surface area contributed by atoms with Crippen molar-refractivity contribution in [3.05, 3.63) is 47.3 Å². The minimum absolute atomic E-state index is 0.0455. The van der Waals surface area contributed by atoms with Crippen LogP contribution in [-0.4, -0.2) is 70.4 Å². The smallest absolute Gasteiger partial charge is 0.451 e. The number of nitrogens with zero attached hydrogens (tertiary/aromatic N) is 4. The number of hydrogen-bond acceptors (Lipinski definition) is 7. The molecule has 0 spiro atoms. The largest absolute Gasteiger partial charge is 0.481 e. The van der Waals surface area contributed by atoms with Gasteiger partial charge in [0, 0.05) is 45.1 Å². The monoisotopic (exact) mass is 617 g/mol. The van der Waals surface area contributed by atoms with Crippen LogP contribution in [0.2, 0.25) is 0 Å². The Labute approximate surface area is 243 Å². The van der Waals surface area contributed by atoms with Gasteiger partial charge in [0.15, 0.2) is 0 Å². The van der Waals surface area contributed by atoms with Crippen molar-refractivity contribution in [3.8, 4) is 0 Å². The fourth-order valence-corrected chi connectivity index (χ4v) is 5.47. The average molecular weight is 618 g/mol. The number of rotatable bonds is 10. The number of aliphatic hydroxyl groups excluding tert-OH is 1. The predicted molar refractivity (Wildman–Crippen MR) is 143 cm³/mol. The summed E-state index contributed by atoms with van der Waals surface area (Å²) in [4.78, 5) is 34.3. The van der Waals surface area contributed by atoms with Crippen LogP contribution < -0.4 is 15.1 Å². The number of β-amino-alcohol motifs (C(OH)–C–C–N with tert-alkyl or cyclic N) is 1. The first kappa shape index (κ1) is 32.3. The number of nitrogens with one attached hydrogen (secondary N) is 1. The van der Waals surface area contributed by atoms with Crippen molar-refractivity contribution >= 4 is 23.5 Å². The fraction of sp³-hybridized carbons (Fsp3) is 0.571. The summed E-state index contributed by atoms with van der Waals surface area (Å²) >= 11 is 0. The number of carbonyl (C=O) groups is 2. The number of aromatic nitrogens is 2. The van der Waals surface area contributed by atoms with Crippen LogP contribution in [0.25, 0.3) is 0 Å². The van der Waals surface area contributed by atoms with Gasteiger partial charge in [0.05, 0.1) is 11.7 Å². The summed E-state index contributed by atoms with van der Waals surface area (Å²) in [5, 5.41) is 21.8. The van der Waals surface area contributed by atoms with Crippen molar-refractivity contribution in [1.29, 1.82) is 0 Å². The third-order valence-electron chi connectivity index (χ3n) is 7.76. The van der Waals surface area contributed by atoms with Crippen molar-refractivity contribution in [2.75, 3.05) is 36.0 Å². The number of halogens is 6. The van der Waals surface area contributed by atoms with Gasteiger partial charge in [0.2, 0.25) is 11.7 Å². The first-order valence-corrected chi connectivity index (χ1v) is 14.0. The molecular formula is C28H33F6N5O4. The highest BCUT2D eigenvalue weighted by Crippen LogP contribution is 2.34. The Balaban J connectivity index is 1.44. The molecule has 0 bridgehead atoms. The summed E-state index contributed by atoms with van der Waals surface area (Å²) in [5.74, 6) is -2.65. The second-order valence-electron chi connectivity index (χ2n) is 10.9. The molecule has 1 amide bonds. The van der Waals surface area contributed by atoms with Gasteiger partial charge in [-0.15, -0.1) is 0 Å². The molecule has 2 saturated heterocycles. The maximum absolute atomic E-state index is 13.8. The van der Waals surface area contributed by atoms with Crippen LogP contribution in [-0.2, 0) is 28.4 Å². The molecule has 0 aliphatic carbocycles. The quantitative estimate of drug-likeness (QED) is 0.338. The molecule has 0 saturated carbocycles. The van der Waals surface area contributed by atoms with Crippen molar-refractivity contribution in [2.24, 2.45) is 5.92 Å². The third-order valence-corrected chi connectivity index (χ3v) is 7.76. The van der Waals surface area contributed by atoms with Gasteiger partial charge in [-0.25, -0.2) is 9.97 Å². The van der Waals surface area contributed by atoms with Gasteiger partial charge < -0.3 is 25.3 Å². The number of alkyl halides is 6. The Kier molecular flexibility index (Phi) is 10.0. The van der Waals surface area contributed by atoms with Crippen LogP contribution in [0.3, 0.4) is 0 Å². The van der Waals surface area contributed by atoms with E-state index in [1.54, 1.807) is 4.90 Å². The number of aliphatic carboxylic acids is 1. The molecule has 1 aromatic heterocycles. The number of carboxylic acid groups (broad SMARTS) is 1. The SMILES string of the molecule is O=C(O)CCCC1CCN(c2cc(N3C[C@H](O)CC3C(=O)NCCc3ccc(C(F)(F)F)cc3)nc(C(F)(F)F)n2)CC1. The molecule has 2 fully saturated rings. The Morgan fingerprint density at radius 3 is 2.23 bits per heavy atom. The zero-order chi connectivity index (χ0) is 31.4. The van der Waals surface area contributed by atoms with Crippen molar-refractivity contribution in [1.82, 2.24) is 15.3 Å². The summed E-state index contributed by atoms with van der Waals surface area (Å²) in [7, 11) is 0.